The summed E-state index contributed by atoms with van der Waals surface area (Å²) in [6.45, 7) is 1.90. The van der Waals surface area contributed by atoms with Crippen LogP contribution in [0.1, 0.15) is 13.3 Å². The third-order valence-corrected chi connectivity index (χ3v) is 1.29. The van der Waals surface area contributed by atoms with Crippen LogP contribution in [0.4, 0.5) is 0 Å². The molecule has 64 valence electrons. The molecule has 1 unspecified atom stereocenters. The predicted molar refractivity (Wildman–Crippen MR) is 42.2 cm³/mol. The van der Waals surface area contributed by atoms with Gasteiger partial charge >= 0.3 is 5.97 Å². The van der Waals surface area contributed by atoms with E-state index in [9.17, 15) is 4.79 Å². The Hall–Kier alpha value is -0.830. The zero-order valence-electron chi connectivity index (χ0n) is 7.16. The first-order chi connectivity index (χ1) is 5.20. The Bertz CT molecular complexity index is 140. The lowest BCUT2D eigenvalue weighted by molar-refractivity contribution is -0.139. The predicted octanol–water partition coefficient (Wildman–Crippen LogP) is 1.14. The molecule has 0 saturated carbocycles. The highest BCUT2D eigenvalue weighted by molar-refractivity contribution is 5.70. The summed E-state index contributed by atoms with van der Waals surface area (Å²) in [5, 5.41) is 0. The molecule has 0 aliphatic carbocycles. The lowest BCUT2D eigenvalue weighted by Crippen LogP contribution is -2.01. The van der Waals surface area contributed by atoms with Gasteiger partial charge in [-0.1, -0.05) is 12.2 Å². The Balaban J connectivity index is 3.51. The van der Waals surface area contributed by atoms with Gasteiger partial charge in [-0.15, -0.1) is 0 Å². The van der Waals surface area contributed by atoms with E-state index in [0.717, 1.165) is 0 Å². The quantitative estimate of drug-likeness (QED) is 0.454. The number of ether oxygens (including phenoxy) is 2. The smallest absolute Gasteiger partial charge is 0.309 e. The van der Waals surface area contributed by atoms with Crippen LogP contribution >= 0.6 is 0 Å². The van der Waals surface area contributed by atoms with Gasteiger partial charge in [-0.2, -0.15) is 0 Å². The molecule has 1 atom stereocenters. The lowest BCUT2D eigenvalue weighted by Gasteiger charge is -2.00. The molecule has 0 radical (unpaired) electrons. The monoisotopic (exact) mass is 158 g/mol. The number of methoxy groups -OCH3 is 2. The molecule has 0 heterocycles. The van der Waals surface area contributed by atoms with Crippen molar-refractivity contribution in [2.45, 2.75) is 19.4 Å². The number of carbonyl (C=O) groups is 1. The first kappa shape index (κ1) is 10.2. The molecule has 0 aliphatic heterocycles. The Kier molecular flexibility index (Phi) is 5.47. The van der Waals surface area contributed by atoms with Crippen LogP contribution in [-0.4, -0.2) is 26.3 Å². The number of rotatable bonds is 4. The number of hydrogen-bond donors (Lipinski definition) is 0. The standard InChI is InChI=1S/C8H14O3/c1-7(10-2)5-4-6-8(9)11-3/h4-5,7H,6H2,1-3H3. The van der Waals surface area contributed by atoms with Crippen molar-refractivity contribution < 1.29 is 14.3 Å². The molecule has 0 spiro atoms. The van der Waals surface area contributed by atoms with Crippen LogP contribution in [0.15, 0.2) is 12.2 Å². The van der Waals surface area contributed by atoms with E-state index in [1.807, 2.05) is 13.0 Å². The normalized spacial score (nSPS) is 13.4. The average molecular weight is 158 g/mol. The van der Waals surface area contributed by atoms with Gasteiger partial charge < -0.3 is 9.47 Å². The molecule has 0 rings (SSSR count). The molecular weight excluding hydrogens is 144 g/mol. The van der Waals surface area contributed by atoms with Crippen molar-refractivity contribution in [3.05, 3.63) is 12.2 Å². The molecule has 0 fully saturated rings. The summed E-state index contributed by atoms with van der Waals surface area (Å²) in [5.41, 5.74) is 0. The van der Waals surface area contributed by atoms with Gasteiger partial charge in [0.15, 0.2) is 0 Å². The highest BCUT2D eigenvalue weighted by Crippen LogP contribution is 1.92. The van der Waals surface area contributed by atoms with E-state index in [-0.39, 0.29) is 12.1 Å². The van der Waals surface area contributed by atoms with Crippen molar-refractivity contribution in [2.24, 2.45) is 0 Å². The Morgan fingerprint density at radius 3 is 2.64 bits per heavy atom. The summed E-state index contributed by atoms with van der Waals surface area (Å²) in [6.07, 6.45) is 3.92. The maximum Gasteiger partial charge on any atom is 0.309 e. The first-order valence-electron chi connectivity index (χ1n) is 3.47. The van der Waals surface area contributed by atoms with Gasteiger partial charge in [-0.05, 0) is 6.92 Å². The minimum absolute atomic E-state index is 0.0552. The van der Waals surface area contributed by atoms with Gasteiger partial charge in [-0.3, -0.25) is 4.79 Å². The molecule has 0 amide bonds. The van der Waals surface area contributed by atoms with Gasteiger partial charge in [0, 0.05) is 7.11 Å². The van der Waals surface area contributed by atoms with Crippen molar-refractivity contribution in [1.29, 1.82) is 0 Å². The van der Waals surface area contributed by atoms with Crippen molar-refractivity contribution in [1.82, 2.24) is 0 Å². The Morgan fingerprint density at radius 2 is 2.18 bits per heavy atom. The fraction of sp³-hybridized carbons (Fsp3) is 0.625. The highest BCUT2D eigenvalue weighted by Gasteiger charge is 1.95. The van der Waals surface area contributed by atoms with Crippen molar-refractivity contribution in [3.8, 4) is 0 Å². The van der Waals surface area contributed by atoms with Crippen LogP contribution in [0, 0.1) is 0 Å². The van der Waals surface area contributed by atoms with Crippen LogP contribution in [0.2, 0.25) is 0 Å². The molecule has 0 saturated heterocycles. The summed E-state index contributed by atoms with van der Waals surface area (Å²) in [4.78, 5) is 10.6. The fourth-order valence-electron chi connectivity index (χ4n) is 0.518. The summed E-state index contributed by atoms with van der Waals surface area (Å²) in [6, 6.07) is 0. The molecule has 3 nitrogen and oxygen atoms in total. The third kappa shape index (κ3) is 5.61. The second-order valence-electron chi connectivity index (χ2n) is 2.15. The summed E-state index contributed by atoms with van der Waals surface area (Å²) >= 11 is 0. The second kappa shape index (κ2) is 5.92. The molecule has 0 aromatic carbocycles. The van der Waals surface area contributed by atoms with Crippen molar-refractivity contribution in [3.63, 3.8) is 0 Å². The first-order valence-corrected chi connectivity index (χ1v) is 3.47. The molecule has 0 aliphatic rings. The summed E-state index contributed by atoms with van der Waals surface area (Å²) in [5.74, 6) is -0.232. The Morgan fingerprint density at radius 1 is 1.55 bits per heavy atom. The fourth-order valence-corrected chi connectivity index (χ4v) is 0.518. The topological polar surface area (TPSA) is 35.5 Å². The molecule has 3 heteroatoms. The maximum absolute atomic E-state index is 10.6. The minimum atomic E-state index is -0.232. The average Bonchev–Trinajstić information content (AvgIpc) is 2.04. The van der Waals surface area contributed by atoms with Crippen LogP contribution in [0.5, 0.6) is 0 Å². The lowest BCUT2D eigenvalue weighted by atomic mass is 10.3. The molecule has 0 aromatic rings. The van der Waals surface area contributed by atoms with E-state index >= 15 is 0 Å². The van der Waals surface area contributed by atoms with Crippen molar-refractivity contribution in [2.75, 3.05) is 14.2 Å². The van der Waals surface area contributed by atoms with Gasteiger partial charge in [0.05, 0.1) is 19.6 Å². The van der Waals surface area contributed by atoms with Crippen LogP contribution in [0.3, 0.4) is 0 Å². The number of esters is 1. The molecule has 0 aromatic heterocycles. The largest absolute Gasteiger partial charge is 0.469 e. The molecule has 0 bridgehead atoms. The minimum Gasteiger partial charge on any atom is -0.469 e. The van der Waals surface area contributed by atoms with E-state index in [4.69, 9.17) is 4.74 Å². The van der Waals surface area contributed by atoms with Crippen LogP contribution in [0.25, 0.3) is 0 Å². The van der Waals surface area contributed by atoms with Gasteiger partial charge in [0.1, 0.15) is 0 Å². The van der Waals surface area contributed by atoms with E-state index in [2.05, 4.69) is 4.74 Å². The summed E-state index contributed by atoms with van der Waals surface area (Å²) in [7, 11) is 2.99. The van der Waals surface area contributed by atoms with E-state index in [1.165, 1.54) is 7.11 Å². The molecule has 0 N–H and O–H groups in total. The van der Waals surface area contributed by atoms with E-state index < -0.39 is 0 Å². The van der Waals surface area contributed by atoms with Crippen molar-refractivity contribution >= 4 is 5.97 Å². The molecular formula is C8H14O3. The summed E-state index contributed by atoms with van der Waals surface area (Å²) < 4.78 is 9.36. The van der Waals surface area contributed by atoms with Crippen LogP contribution in [-0.2, 0) is 14.3 Å². The van der Waals surface area contributed by atoms with E-state index in [1.54, 1.807) is 13.2 Å². The van der Waals surface area contributed by atoms with Gasteiger partial charge in [0.2, 0.25) is 0 Å². The Labute approximate surface area is 67.0 Å². The van der Waals surface area contributed by atoms with Gasteiger partial charge in [0.25, 0.3) is 0 Å². The zero-order valence-corrected chi connectivity index (χ0v) is 7.16. The highest BCUT2D eigenvalue weighted by atomic mass is 16.5. The van der Waals surface area contributed by atoms with Gasteiger partial charge in [-0.25, -0.2) is 0 Å². The third-order valence-electron chi connectivity index (χ3n) is 1.29. The zero-order chi connectivity index (χ0) is 8.69. The van der Waals surface area contributed by atoms with Crippen LogP contribution < -0.4 is 0 Å². The van der Waals surface area contributed by atoms with E-state index in [0.29, 0.717) is 6.42 Å². The maximum atomic E-state index is 10.6. The SMILES string of the molecule is COC(=O)CC=CC(C)OC. The molecule has 11 heavy (non-hydrogen) atoms. The second-order valence-corrected chi connectivity index (χ2v) is 2.15. The number of carbonyl (C=O) groups excluding carboxylic acids is 1. The number of hydrogen-bond acceptors (Lipinski definition) is 3.